The van der Waals surface area contributed by atoms with Crippen molar-refractivity contribution in [2.75, 3.05) is 27.1 Å². The van der Waals surface area contributed by atoms with E-state index in [4.69, 9.17) is 22.4 Å². The summed E-state index contributed by atoms with van der Waals surface area (Å²) < 4.78 is 50.3. The fourth-order valence-electron chi connectivity index (χ4n) is 3.57. The van der Waals surface area contributed by atoms with Crippen LogP contribution in [0.3, 0.4) is 0 Å². The number of alkyl halides is 3. The number of benzene rings is 3. The van der Waals surface area contributed by atoms with Crippen LogP contribution in [-0.4, -0.2) is 37.4 Å². The van der Waals surface area contributed by atoms with Crippen molar-refractivity contribution in [3.8, 4) is 11.4 Å². The Morgan fingerprint density at radius 2 is 1.47 bits per heavy atom. The molecule has 0 amide bonds. The highest BCUT2D eigenvalue weighted by Gasteiger charge is 2.40. The Morgan fingerprint density at radius 1 is 0.889 bits per heavy atom. The van der Waals surface area contributed by atoms with Crippen molar-refractivity contribution < 1.29 is 17.9 Å². The lowest BCUT2D eigenvalue weighted by molar-refractivity contribution is 0.184. The first-order chi connectivity index (χ1) is 17.6. The maximum atomic E-state index is 14.4. The lowest BCUT2D eigenvalue weighted by Gasteiger charge is -2.26. The van der Waals surface area contributed by atoms with E-state index in [-0.39, 0.29) is 5.71 Å². The Bertz CT molecular complexity index is 1390. The lowest BCUT2D eigenvalue weighted by Crippen LogP contribution is -2.38. The highest BCUT2D eigenvalue weighted by molar-refractivity contribution is 7.80. The maximum absolute atomic E-state index is 14.4. The number of aromatic nitrogens is 1. The van der Waals surface area contributed by atoms with Gasteiger partial charge in [-0.25, -0.2) is 23.2 Å². The summed E-state index contributed by atoms with van der Waals surface area (Å²) in [6.07, 6.45) is 0. The van der Waals surface area contributed by atoms with Crippen LogP contribution in [0.5, 0.6) is 5.75 Å². The summed E-state index contributed by atoms with van der Waals surface area (Å²) in [5, 5.41) is 0.342. The van der Waals surface area contributed by atoms with Crippen molar-refractivity contribution in [1.82, 2.24) is 4.57 Å². The monoisotopic (exact) mass is 527 g/mol. The molecule has 0 aliphatic carbocycles. The zero-order chi connectivity index (χ0) is 25.5. The summed E-state index contributed by atoms with van der Waals surface area (Å²) in [7, 11) is 1.47. The van der Waals surface area contributed by atoms with E-state index in [0.29, 0.717) is 31.8 Å². The molecule has 0 spiro atoms. The molecule has 0 fully saturated rings. The van der Waals surface area contributed by atoms with Gasteiger partial charge in [-0.05, 0) is 36.4 Å². The summed E-state index contributed by atoms with van der Waals surface area (Å²) in [4.78, 5) is 10.1. The molecule has 1 heterocycles. The Hall–Kier alpha value is -3.30. The third-order valence-corrected chi connectivity index (χ3v) is 7.22. The molecule has 0 saturated carbocycles. The van der Waals surface area contributed by atoms with Crippen LogP contribution >= 0.6 is 24.0 Å². The van der Waals surface area contributed by atoms with E-state index in [1.165, 1.54) is 7.11 Å². The van der Waals surface area contributed by atoms with Crippen molar-refractivity contribution >= 4 is 41.1 Å². The van der Waals surface area contributed by atoms with Crippen LogP contribution in [0.4, 0.5) is 24.5 Å². The molecule has 4 nitrogen and oxygen atoms in total. The first-order valence-electron chi connectivity index (χ1n) is 11.1. The SMILES string of the molecule is COc1ccccc1N=C(c1sc(=Nc2ccccc2)n(-c2ccccc2)c1S)C(CF)(CF)CF. The minimum absolute atomic E-state index is 0.0892. The Morgan fingerprint density at radius 3 is 2.08 bits per heavy atom. The van der Waals surface area contributed by atoms with Gasteiger partial charge in [-0.1, -0.05) is 59.9 Å². The highest BCUT2D eigenvalue weighted by atomic mass is 32.1. The van der Waals surface area contributed by atoms with E-state index in [2.05, 4.69) is 4.99 Å². The molecular formula is C27H24F3N3OS2. The molecule has 0 aliphatic rings. The smallest absolute Gasteiger partial charge is 0.196 e. The molecule has 0 saturated heterocycles. The van der Waals surface area contributed by atoms with Crippen LogP contribution in [0, 0.1) is 5.41 Å². The average molecular weight is 528 g/mol. The summed E-state index contributed by atoms with van der Waals surface area (Å²) in [5.41, 5.74) is -0.457. The quantitative estimate of drug-likeness (QED) is 0.183. The predicted octanol–water partition coefficient (Wildman–Crippen LogP) is 7.08. The summed E-state index contributed by atoms with van der Waals surface area (Å²) >= 11 is 5.88. The van der Waals surface area contributed by atoms with Gasteiger partial charge in [0.1, 0.15) is 31.5 Å². The molecule has 0 unspecified atom stereocenters. The number of thiazole rings is 1. The second kappa shape index (κ2) is 11.6. The largest absolute Gasteiger partial charge is 0.494 e. The molecule has 3 aromatic carbocycles. The van der Waals surface area contributed by atoms with Crippen LogP contribution in [0.15, 0.2) is 99.9 Å². The number of nitrogens with zero attached hydrogens (tertiary/aromatic N) is 3. The van der Waals surface area contributed by atoms with Crippen molar-refractivity contribution in [1.29, 1.82) is 0 Å². The van der Waals surface area contributed by atoms with E-state index in [1.807, 2.05) is 60.7 Å². The van der Waals surface area contributed by atoms with Gasteiger partial charge in [-0.3, -0.25) is 4.57 Å². The second-order valence-electron chi connectivity index (χ2n) is 7.97. The summed E-state index contributed by atoms with van der Waals surface area (Å²) in [5.74, 6) is 0.392. The van der Waals surface area contributed by atoms with Gasteiger partial charge < -0.3 is 4.74 Å². The van der Waals surface area contributed by atoms with Gasteiger partial charge in [-0.15, -0.1) is 12.6 Å². The van der Waals surface area contributed by atoms with Crippen LogP contribution in [0.1, 0.15) is 4.88 Å². The number of para-hydroxylation sites is 4. The molecule has 0 bridgehead atoms. The second-order valence-corrected chi connectivity index (χ2v) is 9.37. The van der Waals surface area contributed by atoms with E-state index in [1.54, 1.807) is 28.8 Å². The molecule has 1 aromatic heterocycles. The fraction of sp³-hybridized carbons (Fsp3) is 0.185. The summed E-state index contributed by atoms with van der Waals surface area (Å²) in [6.45, 7) is -3.85. The lowest BCUT2D eigenvalue weighted by atomic mass is 9.86. The first kappa shape index (κ1) is 25.8. The number of thiol groups is 1. The van der Waals surface area contributed by atoms with Crippen LogP contribution in [-0.2, 0) is 0 Å². The molecule has 4 rings (SSSR count). The van der Waals surface area contributed by atoms with Crippen LogP contribution in [0.2, 0.25) is 0 Å². The van der Waals surface area contributed by atoms with Crippen LogP contribution < -0.4 is 9.54 Å². The van der Waals surface area contributed by atoms with Crippen molar-refractivity contribution in [2.24, 2.45) is 15.4 Å². The van der Waals surface area contributed by atoms with E-state index in [0.717, 1.165) is 17.0 Å². The molecular weight excluding hydrogens is 503 g/mol. The number of halogens is 3. The van der Waals surface area contributed by atoms with Gasteiger partial charge in [0.05, 0.1) is 33.8 Å². The average Bonchev–Trinajstić information content (AvgIpc) is 3.25. The molecule has 9 heteroatoms. The number of hydrogen-bond acceptors (Lipinski definition) is 5. The molecule has 0 N–H and O–H groups in total. The summed E-state index contributed by atoms with van der Waals surface area (Å²) in [6, 6.07) is 25.4. The Labute approximate surface area is 216 Å². The topological polar surface area (TPSA) is 38.9 Å². The Kier molecular flexibility index (Phi) is 8.32. The van der Waals surface area contributed by atoms with Gasteiger partial charge >= 0.3 is 0 Å². The third-order valence-electron chi connectivity index (χ3n) is 5.60. The van der Waals surface area contributed by atoms with Crippen LogP contribution in [0.25, 0.3) is 5.69 Å². The number of rotatable bonds is 9. The molecule has 0 atom stereocenters. The molecule has 0 aliphatic heterocycles. The zero-order valence-corrected chi connectivity index (χ0v) is 21.2. The van der Waals surface area contributed by atoms with E-state index < -0.39 is 25.4 Å². The predicted molar refractivity (Wildman–Crippen MR) is 142 cm³/mol. The van der Waals surface area contributed by atoms with Crippen molar-refractivity contribution in [2.45, 2.75) is 5.03 Å². The van der Waals surface area contributed by atoms with Gasteiger partial charge in [-0.2, -0.15) is 0 Å². The molecule has 4 aromatic rings. The van der Waals surface area contributed by atoms with E-state index in [9.17, 15) is 13.2 Å². The van der Waals surface area contributed by atoms with Gasteiger partial charge in [0, 0.05) is 5.69 Å². The minimum atomic E-state index is -2.11. The Balaban J connectivity index is 2.06. The zero-order valence-electron chi connectivity index (χ0n) is 19.4. The normalized spacial score (nSPS) is 12.7. The number of aliphatic imine (C=N–C) groups is 1. The molecule has 186 valence electrons. The molecule has 0 radical (unpaired) electrons. The first-order valence-corrected chi connectivity index (χ1v) is 12.3. The van der Waals surface area contributed by atoms with Gasteiger partial charge in [0.25, 0.3) is 0 Å². The van der Waals surface area contributed by atoms with Crippen molar-refractivity contribution in [3.05, 3.63) is 94.6 Å². The van der Waals surface area contributed by atoms with E-state index >= 15 is 0 Å². The highest BCUT2D eigenvalue weighted by Crippen LogP contribution is 2.36. The van der Waals surface area contributed by atoms with Crippen molar-refractivity contribution in [3.63, 3.8) is 0 Å². The fourth-order valence-corrected chi connectivity index (χ4v) is 5.26. The molecule has 36 heavy (non-hydrogen) atoms. The number of hydrogen-bond donors (Lipinski definition) is 1. The standard InChI is InChI=1S/C27H24F3N3OS2/c1-34-22-15-9-8-14-21(22)32-24(27(16-28,17-29)18-30)23-25(35)33(20-12-6-3-7-13-20)26(36-23)31-19-10-4-2-5-11-19/h2-15,35H,16-18H2,1H3. The number of ether oxygens (including phenoxy) is 1. The minimum Gasteiger partial charge on any atom is -0.494 e. The van der Waals surface area contributed by atoms with Gasteiger partial charge in [0.15, 0.2) is 4.80 Å². The van der Waals surface area contributed by atoms with Gasteiger partial charge in [0.2, 0.25) is 0 Å². The maximum Gasteiger partial charge on any atom is 0.196 e. The number of methoxy groups -OCH3 is 1. The third kappa shape index (κ3) is 5.12.